The van der Waals surface area contributed by atoms with Gasteiger partial charge in [0.15, 0.2) is 0 Å². The van der Waals surface area contributed by atoms with Crippen LogP contribution in [-0.2, 0) is 11.2 Å². The van der Waals surface area contributed by atoms with Crippen LogP contribution in [0.5, 0.6) is 0 Å². The van der Waals surface area contributed by atoms with Crippen LogP contribution in [0.25, 0.3) is 0 Å². The molecule has 2 N–H and O–H groups in total. The fraction of sp³-hybridized carbons (Fsp3) is 0.538. The van der Waals surface area contributed by atoms with E-state index in [1.807, 2.05) is 23.2 Å². The van der Waals surface area contributed by atoms with Gasteiger partial charge in [-0.1, -0.05) is 13.0 Å². The Balaban J connectivity index is 1.82. The van der Waals surface area contributed by atoms with Gasteiger partial charge in [0.05, 0.1) is 0 Å². The third-order valence-corrected chi connectivity index (χ3v) is 3.37. The minimum atomic E-state index is 0.136. The van der Waals surface area contributed by atoms with Gasteiger partial charge in [0, 0.05) is 37.9 Å². The number of carbonyl (C=O) groups is 1. The highest BCUT2D eigenvalue weighted by Crippen LogP contribution is 2.16. The number of nitrogens with zero attached hydrogens (tertiary/aromatic N) is 2. The van der Waals surface area contributed by atoms with Crippen LogP contribution in [0.4, 0.5) is 0 Å². The van der Waals surface area contributed by atoms with Gasteiger partial charge >= 0.3 is 0 Å². The SMILES string of the molecule is CC1CN(C(=O)CCc2cccnc2)CC1N. The standard InChI is InChI=1S/C13H19N3O/c1-10-8-16(9-12(10)14)13(17)5-4-11-3-2-6-15-7-11/h2-3,6-7,10,12H,4-5,8-9,14H2,1H3. The van der Waals surface area contributed by atoms with E-state index in [-0.39, 0.29) is 11.9 Å². The van der Waals surface area contributed by atoms with E-state index in [9.17, 15) is 4.79 Å². The molecule has 0 saturated carbocycles. The van der Waals surface area contributed by atoms with E-state index in [2.05, 4.69) is 11.9 Å². The number of amides is 1. The van der Waals surface area contributed by atoms with Crippen molar-refractivity contribution in [3.8, 4) is 0 Å². The summed E-state index contributed by atoms with van der Waals surface area (Å²) in [6.07, 6.45) is 4.86. The first-order valence-corrected chi connectivity index (χ1v) is 6.09. The molecule has 92 valence electrons. The normalized spacial score (nSPS) is 24.0. The summed E-state index contributed by atoms with van der Waals surface area (Å²) in [5.74, 6) is 0.617. The number of aryl methyl sites for hydroxylation is 1. The molecule has 4 nitrogen and oxygen atoms in total. The molecule has 0 bridgehead atoms. The van der Waals surface area contributed by atoms with E-state index in [0.29, 0.717) is 18.9 Å². The third-order valence-electron chi connectivity index (χ3n) is 3.37. The molecule has 2 rings (SSSR count). The second-order valence-electron chi connectivity index (χ2n) is 4.80. The van der Waals surface area contributed by atoms with Gasteiger partial charge in [-0.15, -0.1) is 0 Å². The smallest absolute Gasteiger partial charge is 0.222 e. The number of nitrogens with two attached hydrogens (primary N) is 1. The molecule has 0 spiro atoms. The molecule has 2 atom stereocenters. The number of hydrogen-bond acceptors (Lipinski definition) is 3. The summed E-state index contributed by atoms with van der Waals surface area (Å²) in [7, 11) is 0. The van der Waals surface area contributed by atoms with Crippen LogP contribution < -0.4 is 5.73 Å². The number of likely N-dealkylation sites (tertiary alicyclic amines) is 1. The van der Waals surface area contributed by atoms with Gasteiger partial charge in [-0.05, 0) is 24.0 Å². The lowest BCUT2D eigenvalue weighted by Crippen LogP contribution is -2.32. The average molecular weight is 233 g/mol. The number of hydrogen-bond donors (Lipinski definition) is 1. The molecule has 1 fully saturated rings. The molecule has 1 aliphatic rings. The van der Waals surface area contributed by atoms with Crippen molar-refractivity contribution in [3.05, 3.63) is 30.1 Å². The van der Waals surface area contributed by atoms with E-state index in [1.165, 1.54) is 0 Å². The van der Waals surface area contributed by atoms with Crippen LogP contribution >= 0.6 is 0 Å². The summed E-state index contributed by atoms with van der Waals surface area (Å²) < 4.78 is 0. The van der Waals surface area contributed by atoms with E-state index in [0.717, 1.165) is 18.5 Å². The fourth-order valence-corrected chi connectivity index (χ4v) is 2.15. The van der Waals surface area contributed by atoms with Crippen LogP contribution in [-0.4, -0.2) is 34.9 Å². The second-order valence-corrected chi connectivity index (χ2v) is 4.80. The summed E-state index contributed by atoms with van der Waals surface area (Å²) >= 11 is 0. The van der Waals surface area contributed by atoms with Gasteiger partial charge in [-0.25, -0.2) is 0 Å². The Morgan fingerprint density at radius 3 is 3.00 bits per heavy atom. The lowest BCUT2D eigenvalue weighted by molar-refractivity contribution is -0.130. The van der Waals surface area contributed by atoms with Gasteiger partial charge in [-0.3, -0.25) is 9.78 Å². The molecule has 2 heterocycles. The van der Waals surface area contributed by atoms with Gasteiger partial charge in [-0.2, -0.15) is 0 Å². The monoisotopic (exact) mass is 233 g/mol. The van der Waals surface area contributed by atoms with Crippen molar-refractivity contribution in [2.75, 3.05) is 13.1 Å². The van der Waals surface area contributed by atoms with Crippen molar-refractivity contribution in [1.29, 1.82) is 0 Å². The number of rotatable bonds is 3. The number of aromatic nitrogens is 1. The van der Waals surface area contributed by atoms with E-state index in [1.54, 1.807) is 6.20 Å². The highest BCUT2D eigenvalue weighted by Gasteiger charge is 2.29. The van der Waals surface area contributed by atoms with Gasteiger partial charge in [0.2, 0.25) is 5.91 Å². The molecule has 1 amide bonds. The Morgan fingerprint density at radius 2 is 2.41 bits per heavy atom. The lowest BCUT2D eigenvalue weighted by atomic mass is 10.1. The average Bonchev–Trinajstić information content (AvgIpc) is 2.68. The Hall–Kier alpha value is -1.42. The molecule has 0 radical (unpaired) electrons. The first-order chi connectivity index (χ1) is 8.16. The summed E-state index contributed by atoms with van der Waals surface area (Å²) in [5.41, 5.74) is 7.02. The quantitative estimate of drug-likeness (QED) is 0.841. The fourth-order valence-electron chi connectivity index (χ4n) is 2.15. The first-order valence-electron chi connectivity index (χ1n) is 6.09. The minimum Gasteiger partial charge on any atom is -0.341 e. The zero-order valence-electron chi connectivity index (χ0n) is 10.2. The Labute approximate surface area is 102 Å². The predicted octanol–water partition coefficient (Wildman–Crippen LogP) is 0.820. The Morgan fingerprint density at radius 1 is 1.59 bits per heavy atom. The number of carbonyl (C=O) groups excluding carboxylic acids is 1. The maximum absolute atomic E-state index is 12.0. The van der Waals surface area contributed by atoms with Gasteiger partial charge in [0.1, 0.15) is 0 Å². The van der Waals surface area contributed by atoms with Gasteiger partial charge in [0.25, 0.3) is 0 Å². The molecule has 1 aliphatic heterocycles. The maximum Gasteiger partial charge on any atom is 0.222 e. The molecule has 2 unspecified atom stereocenters. The van der Waals surface area contributed by atoms with E-state index < -0.39 is 0 Å². The van der Waals surface area contributed by atoms with Crippen molar-refractivity contribution in [1.82, 2.24) is 9.88 Å². The molecule has 4 heteroatoms. The molecular weight excluding hydrogens is 214 g/mol. The van der Waals surface area contributed by atoms with Gasteiger partial charge < -0.3 is 10.6 Å². The molecule has 17 heavy (non-hydrogen) atoms. The highest BCUT2D eigenvalue weighted by molar-refractivity contribution is 5.76. The largest absolute Gasteiger partial charge is 0.341 e. The van der Waals surface area contributed by atoms with Crippen molar-refractivity contribution < 1.29 is 4.79 Å². The van der Waals surface area contributed by atoms with Crippen molar-refractivity contribution in [2.45, 2.75) is 25.8 Å². The number of pyridine rings is 1. The van der Waals surface area contributed by atoms with Crippen molar-refractivity contribution >= 4 is 5.91 Å². The van der Waals surface area contributed by atoms with Crippen LogP contribution in [0.2, 0.25) is 0 Å². The molecular formula is C13H19N3O. The molecule has 0 aliphatic carbocycles. The molecule has 1 aromatic rings. The van der Waals surface area contributed by atoms with E-state index in [4.69, 9.17) is 5.73 Å². The summed E-state index contributed by atoms with van der Waals surface area (Å²) in [4.78, 5) is 17.9. The molecule has 1 saturated heterocycles. The van der Waals surface area contributed by atoms with Crippen molar-refractivity contribution in [2.24, 2.45) is 11.7 Å². The lowest BCUT2D eigenvalue weighted by Gasteiger charge is -2.15. The zero-order chi connectivity index (χ0) is 12.3. The van der Waals surface area contributed by atoms with Crippen LogP contribution in [0.3, 0.4) is 0 Å². The third kappa shape index (κ3) is 3.03. The summed E-state index contributed by atoms with van der Waals surface area (Å²) in [6.45, 7) is 3.60. The maximum atomic E-state index is 12.0. The molecule has 1 aromatic heterocycles. The summed E-state index contributed by atoms with van der Waals surface area (Å²) in [5, 5.41) is 0. The van der Waals surface area contributed by atoms with Crippen LogP contribution in [0, 0.1) is 5.92 Å². The summed E-state index contributed by atoms with van der Waals surface area (Å²) in [6, 6.07) is 4.03. The first kappa shape index (κ1) is 12.0. The Bertz CT molecular complexity index is 370. The highest BCUT2D eigenvalue weighted by atomic mass is 16.2. The molecule has 0 aromatic carbocycles. The van der Waals surface area contributed by atoms with Crippen LogP contribution in [0.1, 0.15) is 18.9 Å². The topological polar surface area (TPSA) is 59.2 Å². The second kappa shape index (κ2) is 5.27. The Kier molecular flexibility index (Phi) is 3.74. The van der Waals surface area contributed by atoms with Crippen molar-refractivity contribution in [3.63, 3.8) is 0 Å². The van der Waals surface area contributed by atoms with Crippen LogP contribution in [0.15, 0.2) is 24.5 Å². The van der Waals surface area contributed by atoms with E-state index >= 15 is 0 Å². The predicted molar refractivity (Wildman–Crippen MR) is 66.3 cm³/mol. The zero-order valence-corrected chi connectivity index (χ0v) is 10.2. The minimum absolute atomic E-state index is 0.136.